The van der Waals surface area contributed by atoms with Crippen molar-refractivity contribution in [1.29, 1.82) is 0 Å². The molecule has 2 bridgehead atoms. The van der Waals surface area contributed by atoms with Crippen LogP contribution >= 0.6 is 23.4 Å². The molecule has 1 atom stereocenters. The molecular weight excluding hydrogens is 709 g/mol. The number of halogens is 4. The molecule has 0 radical (unpaired) electrons. The fourth-order valence-electron chi connectivity index (χ4n) is 6.22. The van der Waals surface area contributed by atoms with Crippen molar-refractivity contribution in [1.82, 2.24) is 4.98 Å². The topological polar surface area (TPSA) is 113 Å². The zero-order valence-corrected chi connectivity index (χ0v) is 32.6. The normalized spacial score (nSPS) is 18.7. The van der Waals surface area contributed by atoms with Crippen molar-refractivity contribution in [3.63, 3.8) is 0 Å². The van der Waals surface area contributed by atoms with Gasteiger partial charge < -0.3 is 25.4 Å². The molecule has 4 aromatic rings. The lowest BCUT2D eigenvalue weighted by Gasteiger charge is -2.32. The molecule has 12 heteroatoms. The maximum Gasteiger partial charge on any atom is 0.203 e. The van der Waals surface area contributed by atoms with Crippen LogP contribution in [0.15, 0.2) is 58.6 Å². The van der Waals surface area contributed by atoms with Crippen LogP contribution in [0.25, 0.3) is 10.9 Å². The smallest absolute Gasteiger partial charge is 0.203 e. The van der Waals surface area contributed by atoms with Crippen molar-refractivity contribution < 1.29 is 27.8 Å². The Morgan fingerprint density at radius 3 is 2.52 bits per heavy atom. The zero-order valence-electron chi connectivity index (χ0n) is 31.0. The number of amidine groups is 2. The largest absolute Gasteiger partial charge is 0.454 e. The summed E-state index contributed by atoms with van der Waals surface area (Å²) in [6, 6.07) is 11.8. The van der Waals surface area contributed by atoms with E-state index in [0.717, 1.165) is 43.1 Å². The maximum atomic E-state index is 15.7. The summed E-state index contributed by atoms with van der Waals surface area (Å²) in [5.74, 6) is -1.46. The first kappa shape index (κ1) is 42.6. The maximum absolute atomic E-state index is 15.7. The van der Waals surface area contributed by atoms with Crippen molar-refractivity contribution in [3.05, 3.63) is 93.4 Å². The fourth-order valence-corrected chi connectivity index (χ4v) is 7.68. The second-order valence-electron chi connectivity index (χ2n) is 13.2. The van der Waals surface area contributed by atoms with Gasteiger partial charge in [-0.2, -0.15) is 16.2 Å². The number of nitrogens with two attached hydrogens (primary N) is 1. The number of aldehydes is 1. The van der Waals surface area contributed by atoms with E-state index in [4.69, 9.17) is 32.2 Å². The van der Waals surface area contributed by atoms with E-state index in [9.17, 15) is 4.79 Å². The first-order valence-corrected chi connectivity index (χ1v) is 18.9. The molecule has 282 valence electrons. The highest BCUT2D eigenvalue weighted by Gasteiger charge is 2.33. The summed E-state index contributed by atoms with van der Waals surface area (Å²) in [6.07, 6.45) is 6.06. The monoisotopic (exact) mass is 758 g/mol. The van der Waals surface area contributed by atoms with Crippen LogP contribution in [0.3, 0.4) is 0 Å². The number of H-pyrrole nitrogens is 1. The van der Waals surface area contributed by atoms with Gasteiger partial charge in [0.05, 0.1) is 16.1 Å². The van der Waals surface area contributed by atoms with Gasteiger partial charge in [0, 0.05) is 43.1 Å². The second-order valence-corrected chi connectivity index (χ2v) is 14.7. The van der Waals surface area contributed by atoms with Gasteiger partial charge in [-0.05, 0) is 78.9 Å². The molecule has 52 heavy (non-hydrogen) atoms. The third-order valence-corrected chi connectivity index (χ3v) is 10.8. The third-order valence-electron chi connectivity index (χ3n) is 9.06. The number of rotatable bonds is 4. The summed E-state index contributed by atoms with van der Waals surface area (Å²) in [7, 11) is 2.48. The Labute approximate surface area is 314 Å². The summed E-state index contributed by atoms with van der Waals surface area (Å²) in [4.78, 5) is 22.8. The van der Waals surface area contributed by atoms with Gasteiger partial charge in [-0.3, -0.25) is 4.99 Å². The van der Waals surface area contributed by atoms with Gasteiger partial charge in [-0.1, -0.05) is 70.0 Å². The van der Waals surface area contributed by atoms with Crippen molar-refractivity contribution >= 4 is 52.2 Å². The number of nitrogens with one attached hydrogen (secondary N) is 1. The summed E-state index contributed by atoms with van der Waals surface area (Å²) < 4.78 is 52.5. The molecular formula is C40H50ClF3N4O3S. The quantitative estimate of drug-likeness (QED) is 0.179. The Morgan fingerprint density at radius 2 is 1.83 bits per heavy atom. The van der Waals surface area contributed by atoms with Gasteiger partial charge in [0.25, 0.3) is 0 Å². The van der Waals surface area contributed by atoms with Crippen LogP contribution in [-0.2, 0) is 23.1 Å². The van der Waals surface area contributed by atoms with Crippen molar-refractivity contribution in [2.24, 2.45) is 21.1 Å². The first-order chi connectivity index (χ1) is 24.9. The first-order valence-electron chi connectivity index (χ1n) is 17.4. The van der Waals surface area contributed by atoms with E-state index in [2.05, 4.69) is 29.9 Å². The number of aryl methyl sites for hydroxylation is 2. The molecule has 0 saturated heterocycles. The Morgan fingerprint density at radius 1 is 1.10 bits per heavy atom. The molecule has 0 amide bonds. The highest BCUT2D eigenvalue weighted by molar-refractivity contribution is 7.99. The SMILES string of the molecule is CC.CN=C1N=C(N)[C@@](C)(c2cccc(CCC=O)c2)CCCC(C)(C)CSCCc2c(c(F)c(F)c3[nH]cc(Cl)c23)Oc2ccc(F)c1c2.CO. The van der Waals surface area contributed by atoms with Crippen LogP contribution in [0.5, 0.6) is 11.5 Å². The molecule has 3 aromatic carbocycles. The highest BCUT2D eigenvalue weighted by atomic mass is 35.5. The van der Waals surface area contributed by atoms with Crippen LogP contribution in [-0.4, -0.2) is 53.7 Å². The number of aromatic amines is 1. The molecule has 2 heterocycles. The van der Waals surface area contributed by atoms with Crippen LogP contribution in [0, 0.1) is 22.9 Å². The van der Waals surface area contributed by atoms with Gasteiger partial charge in [0.1, 0.15) is 23.7 Å². The molecule has 1 aliphatic heterocycles. The Bertz CT molecular complexity index is 1900. The average molecular weight is 759 g/mol. The number of aliphatic imine (C=N–C) groups is 2. The predicted octanol–water partition coefficient (Wildman–Crippen LogP) is 9.97. The number of benzene rings is 3. The van der Waals surface area contributed by atoms with Crippen LogP contribution in [0.4, 0.5) is 13.2 Å². The standard InChI is InChI=1S/C37H40ClF3N4O2S.C2H6.CH4O/c1-36(2)14-7-15-37(3,23-10-5-8-22(18-23)9-6-16-46)35(42)45-34(43-4)26-19-24(11-12-28(26)39)47-33-25(13-17-48-21-36)29-27(38)20-44-32(29)30(40)31(33)41;2*1-2/h5,8,10-12,16,18-20,44H,6-7,9,13-15,17,21H2,1-4H3,(H2,42,43,45);1-2H3;2H,1H3/t37-;;/m1../s1. The number of nitrogens with zero attached hydrogens (tertiary/aromatic N) is 2. The number of aliphatic hydroxyl groups excluding tert-OH is 1. The lowest BCUT2D eigenvalue weighted by molar-refractivity contribution is -0.107. The molecule has 0 fully saturated rings. The number of fused-ring (bicyclic) bond motifs is 5. The lowest BCUT2D eigenvalue weighted by atomic mass is 9.75. The van der Waals surface area contributed by atoms with Gasteiger partial charge in [0.15, 0.2) is 17.4 Å². The second kappa shape index (κ2) is 19.3. The van der Waals surface area contributed by atoms with Gasteiger partial charge in [-0.15, -0.1) is 0 Å². The summed E-state index contributed by atoms with van der Waals surface area (Å²) in [6.45, 7) is 10.4. The fraction of sp³-hybridized carbons (Fsp3) is 0.425. The minimum Gasteiger partial charge on any atom is -0.454 e. The number of thioether (sulfide) groups is 1. The van der Waals surface area contributed by atoms with Gasteiger partial charge >= 0.3 is 0 Å². The van der Waals surface area contributed by atoms with E-state index in [0.29, 0.717) is 42.4 Å². The van der Waals surface area contributed by atoms with Gasteiger partial charge in [0.2, 0.25) is 5.82 Å². The lowest BCUT2D eigenvalue weighted by Crippen LogP contribution is -2.40. The predicted molar refractivity (Wildman–Crippen MR) is 210 cm³/mol. The number of carbonyl (C=O) groups excluding carboxylic acids is 1. The Hall–Kier alpha value is -3.80. The molecule has 0 unspecified atom stereocenters. The molecule has 1 aliphatic rings. The zero-order chi connectivity index (χ0) is 38.6. The molecule has 7 nitrogen and oxygen atoms in total. The van der Waals surface area contributed by atoms with Crippen LogP contribution in [0.1, 0.15) is 82.6 Å². The minimum absolute atomic E-state index is 0.0129. The van der Waals surface area contributed by atoms with E-state index in [-0.39, 0.29) is 44.7 Å². The minimum atomic E-state index is -1.17. The third kappa shape index (κ3) is 9.79. The van der Waals surface area contributed by atoms with Crippen molar-refractivity contribution in [3.8, 4) is 11.5 Å². The Balaban J connectivity index is 0.00000176. The molecule has 4 N–H and O–H groups in total. The molecule has 0 spiro atoms. The average Bonchev–Trinajstić information content (AvgIpc) is 3.54. The number of aromatic nitrogens is 1. The number of aliphatic hydroxyl groups is 1. The molecule has 5 rings (SSSR count). The number of hydrogen-bond donors (Lipinski definition) is 3. The summed E-state index contributed by atoms with van der Waals surface area (Å²) in [5.41, 5.74) is 8.36. The molecule has 1 aromatic heterocycles. The van der Waals surface area contributed by atoms with E-state index < -0.39 is 22.9 Å². The van der Waals surface area contributed by atoms with Crippen molar-refractivity contribution in [2.45, 2.75) is 78.6 Å². The van der Waals surface area contributed by atoms with E-state index >= 15 is 13.2 Å². The summed E-state index contributed by atoms with van der Waals surface area (Å²) in [5, 5.41) is 7.60. The number of ether oxygens (including phenoxy) is 1. The number of carbonyl (C=O) groups is 1. The van der Waals surface area contributed by atoms with Crippen LogP contribution in [0.2, 0.25) is 5.02 Å². The highest BCUT2D eigenvalue weighted by Crippen LogP contribution is 2.41. The Kier molecular flexibility index (Phi) is 15.8. The molecule has 0 aliphatic carbocycles. The molecule has 0 saturated carbocycles. The van der Waals surface area contributed by atoms with Gasteiger partial charge in [-0.25, -0.2) is 13.8 Å². The van der Waals surface area contributed by atoms with E-state index in [1.807, 2.05) is 39.0 Å². The van der Waals surface area contributed by atoms with Crippen LogP contribution < -0.4 is 10.5 Å². The number of hydrogen-bond acceptors (Lipinski definition) is 6. The van der Waals surface area contributed by atoms with E-state index in [1.54, 1.807) is 11.8 Å². The van der Waals surface area contributed by atoms with Crippen molar-refractivity contribution in [2.75, 3.05) is 25.7 Å². The summed E-state index contributed by atoms with van der Waals surface area (Å²) >= 11 is 8.19. The van der Waals surface area contributed by atoms with E-state index in [1.165, 1.54) is 31.4 Å².